The van der Waals surface area contributed by atoms with E-state index in [1.165, 1.54) is 24.3 Å². The van der Waals surface area contributed by atoms with Gasteiger partial charge in [-0.15, -0.1) is 0 Å². The second-order valence-corrected chi connectivity index (χ2v) is 6.05. The Bertz CT molecular complexity index is 1050. The molecule has 1 aliphatic heterocycles. The van der Waals surface area contributed by atoms with Gasteiger partial charge in [0.05, 0.1) is 4.92 Å². The molecule has 152 valence electrons. The van der Waals surface area contributed by atoms with Crippen LogP contribution in [0.5, 0.6) is 11.5 Å². The van der Waals surface area contributed by atoms with Gasteiger partial charge in [0, 0.05) is 17.7 Å². The van der Waals surface area contributed by atoms with Gasteiger partial charge >= 0.3 is 5.97 Å². The number of ether oxygens (including phenoxy) is 3. The van der Waals surface area contributed by atoms with Crippen LogP contribution in [-0.4, -0.2) is 30.0 Å². The highest BCUT2D eigenvalue weighted by Gasteiger charge is 2.24. The monoisotopic (exact) mass is 406 g/mol. The predicted octanol–water partition coefficient (Wildman–Crippen LogP) is 4.07. The Morgan fingerprint density at radius 1 is 1.03 bits per heavy atom. The van der Waals surface area contributed by atoms with Gasteiger partial charge in [0.2, 0.25) is 5.90 Å². The van der Waals surface area contributed by atoms with Gasteiger partial charge in [0.15, 0.2) is 17.2 Å². The molecule has 8 nitrogen and oxygen atoms in total. The third kappa shape index (κ3) is 4.79. The summed E-state index contributed by atoms with van der Waals surface area (Å²) >= 11 is 0. The first-order chi connectivity index (χ1) is 14.5. The van der Waals surface area contributed by atoms with E-state index in [0.717, 1.165) is 0 Å². The average Bonchev–Trinajstić information content (AvgIpc) is 3.11. The maximum absolute atomic E-state index is 12.2. The number of carbonyl (C=O) groups is 1. The summed E-state index contributed by atoms with van der Waals surface area (Å²) in [6.07, 6.45) is 4.78. The highest BCUT2D eigenvalue weighted by atomic mass is 16.6. The van der Waals surface area contributed by atoms with Crippen molar-refractivity contribution in [3.8, 4) is 11.5 Å². The molecule has 0 spiro atoms. The van der Waals surface area contributed by atoms with Crippen molar-refractivity contribution in [3.63, 3.8) is 0 Å². The topological polar surface area (TPSA) is 100 Å². The minimum atomic E-state index is -0.621. The molecule has 0 bridgehead atoms. The van der Waals surface area contributed by atoms with E-state index in [9.17, 15) is 14.9 Å². The van der Waals surface area contributed by atoms with Crippen LogP contribution in [-0.2, 0) is 9.53 Å². The van der Waals surface area contributed by atoms with Crippen molar-refractivity contribution in [1.82, 2.24) is 0 Å². The minimum Gasteiger partial charge on any atom is -0.486 e. The van der Waals surface area contributed by atoms with Crippen molar-refractivity contribution in [1.29, 1.82) is 0 Å². The van der Waals surface area contributed by atoms with E-state index in [4.69, 9.17) is 14.2 Å². The Labute approximate surface area is 172 Å². The first-order valence-corrected chi connectivity index (χ1v) is 8.90. The number of cyclic esters (lactones) is 1. The molecule has 0 fully saturated rings. The number of rotatable bonds is 9. The number of aliphatic imine (C=N–C) groups is 1. The molecule has 0 aliphatic carbocycles. The minimum absolute atomic E-state index is 0.0646. The van der Waals surface area contributed by atoms with Gasteiger partial charge in [-0.2, -0.15) is 0 Å². The lowest BCUT2D eigenvalue weighted by atomic mass is 10.1. The lowest BCUT2D eigenvalue weighted by Gasteiger charge is -2.11. The molecule has 0 N–H and O–H groups in total. The van der Waals surface area contributed by atoms with Crippen LogP contribution in [0.1, 0.15) is 11.1 Å². The highest BCUT2D eigenvalue weighted by Crippen LogP contribution is 2.30. The van der Waals surface area contributed by atoms with Gasteiger partial charge in [0.1, 0.15) is 13.2 Å². The molecule has 0 amide bonds. The summed E-state index contributed by atoms with van der Waals surface area (Å²) in [5, 5.41) is 10.8. The molecule has 8 heteroatoms. The second-order valence-electron chi connectivity index (χ2n) is 6.05. The fourth-order valence-electron chi connectivity index (χ4n) is 2.56. The molecule has 0 saturated heterocycles. The molecule has 0 radical (unpaired) electrons. The fraction of sp³-hybridized carbons (Fsp3) is 0.0909. The number of hydrogen-bond donors (Lipinski definition) is 0. The van der Waals surface area contributed by atoms with E-state index in [-0.39, 0.29) is 23.9 Å². The molecule has 0 unspecified atom stereocenters. The van der Waals surface area contributed by atoms with E-state index >= 15 is 0 Å². The number of hydrogen-bond acceptors (Lipinski definition) is 7. The number of nitrogens with zero attached hydrogens (tertiary/aromatic N) is 2. The Hall–Kier alpha value is -4.20. The maximum atomic E-state index is 12.2. The van der Waals surface area contributed by atoms with Crippen molar-refractivity contribution in [3.05, 3.63) is 94.7 Å². The smallest absolute Gasteiger partial charge is 0.363 e. The van der Waals surface area contributed by atoms with Crippen LogP contribution in [0.2, 0.25) is 0 Å². The van der Waals surface area contributed by atoms with Gasteiger partial charge in [-0.25, -0.2) is 9.79 Å². The van der Waals surface area contributed by atoms with Crippen LogP contribution >= 0.6 is 0 Å². The number of carbonyl (C=O) groups excluding carboxylic acids is 1. The third-order valence-corrected chi connectivity index (χ3v) is 3.93. The molecular formula is C22H18N2O6. The van der Waals surface area contributed by atoms with Crippen LogP contribution in [0.15, 0.2) is 78.5 Å². The number of esters is 1. The first kappa shape index (κ1) is 20.5. The Morgan fingerprint density at radius 2 is 1.70 bits per heavy atom. The zero-order valence-electron chi connectivity index (χ0n) is 15.9. The molecule has 0 atom stereocenters. The normalized spacial score (nSPS) is 14.1. The lowest BCUT2D eigenvalue weighted by Crippen LogP contribution is -2.05. The van der Waals surface area contributed by atoms with Gasteiger partial charge < -0.3 is 14.2 Å². The Morgan fingerprint density at radius 3 is 2.33 bits per heavy atom. The second kappa shape index (κ2) is 9.33. The van der Waals surface area contributed by atoms with Crippen molar-refractivity contribution in [2.45, 2.75) is 0 Å². The SMILES string of the molecule is C=CCOc1ccc(C=C2N=C(c3ccc([N+](=O)[O-])cc3)OC2=O)cc1OCC=C. The van der Waals surface area contributed by atoms with Crippen LogP contribution in [0.3, 0.4) is 0 Å². The fourth-order valence-corrected chi connectivity index (χ4v) is 2.56. The van der Waals surface area contributed by atoms with Gasteiger partial charge in [-0.1, -0.05) is 31.4 Å². The maximum Gasteiger partial charge on any atom is 0.363 e. The molecule has 2 aromatic carbocycles. The summed E-state index contributed by atoms with van der Waals surface area (Å²) < 4.78 is 16.4. The van der Waals surface area contributed by atoms with E-state index < -0.39 is 10.9 Å². The standard InChI is InChI=1S/C22H18N2O6/c1-3-11-28-19-10-5-15(14-20(19)29-12-4-2)13-18-22(25)30-21(23-18)16-6-8-17(9-7-16)24(26)27/h3-10,13-14H,1-2,11-12H2. The van der Waals surface area contributed by atoms with Crippen LogP contribution < -0.4 is 9.47 Å². The molecule has 1 aliphatic rings. The first-order valence-electron chi connectivity index (χ1n) is 8.90. The highest BCUT2D eigenvalue weighted by molar-refractivity contribution is 6.12. The molecule has 0 aromatic heterocycles. The van der Waals surface area contributed by atoms with E-state index in [1.807, 2.05) is 0 Å². The van der Waals surface area contributed by atoms with Gasteiger partial charge in [-0.3, -0.25) is 10.1 Å². The predicted molar refractivity (Wildman–Crippen MR) is 112 cm³/mol. The summed E-state index contributed by atoms with van der Waals surface area (Å²) in [6.45, 7) is 7.85. The van der Waals surface area contributed by atoms with Crippen molar-refractivity contribution in [2.75, 3.05) is 13.2 Å². The number of benzene rings is 2. The Balaban J connectivity index is 1.87. The van der Waals surface area contributed by atoms with Crippen molar-refractivity contribution in [2.24, 2.45) is 4.99 Å². The number of nitro benzene ring substituents is 1. The van der Waals surface area contributed by atoms with E-state index in [0.29, 0.717) is 29.2 Å². The third-order valence-electron chi connectivity index (χ3n) is 3.93. The van der Waals surface area contributed by atoms with Crippen LogP contribution in [0.25, 0.3) is 6.08 Å². The quantitative estimate of drug-likeness (QED) is 0.205. The van der Waals surface area contributed by atoms with Crippen LogP contribution in [0.4, 0.5) is 5.69 Å². The lowest BCUT2D eigenvalue weighted by molar-refractivity contribution is -0.384. The van der Waals surface area contributed by atoms with Gasteiger partial charge in [0.25, 0.3) is 5.69 Å². The molecule has 0 saturated carbocycles. The average molecular weight is 406 g/mol. The largest absolute Gasteiger partial charge is 0.486 e. The van der Waals surface area contributed by atoms with Crippen molar-refractivity contribution < 1.29 is 23.9 Å². The summed E-state index contributed by atoms with van der Waals surface area (Å²) in [4.78, 5) is 26.7. The molecule has 3 rings (SSSR count). The van der Waals surface area contributed by atoms with E-state index in [1.54, 1.807) is 36.4 Å². The van der Waals surface area contributed by atoms with E-state index in [2.05, 4.69) is 18.2 Å². The summed E-state index contributed by atoms with van der Waals surface area (Å²) in [6, 6.07) is 10.8. The summed E-state index contributed by atoms with van der Waals surface area (Å²) in [5.41, 5.74) is 1.14. The molecule has 2 aromatic rings. The summed E-state index contributed by atoms with van der Waals surface area (Å²) in [7, 11) is 0. The molecule has 1 heterocycles. The zero-order chi connectivity index (χ0) is 21.5. The Kier molecular flexibility index (Phi) is 6.39. The zero-order valence-corrected chi connectivity index (χ0v) is 15.9. The van der Waals surface area contributed by atoms with Gasteiger partial charge in [-0.05, 0) is 35.9 Å². The summed E-state index contributed by atoms with van der Waals surface area (Å²) in [5.74, 6) is 0.471. The van der Waals surface area contributed by atoms with Crippen molar-refractivity contribution >= 4 is 23.6 Å². The van der Waals surface area contributed by atoms with Crippen LogP contribution in [0, 0.1) is 10.1 Å². The molecule has 30 heavy (non-hydrogen) atoms. The molecular weight excluding hydrogens is 388 g/mol. The number of nitro groups is 1. The number of non-ortho nitro benzene ring substituents is 1.